The molecule has 1 aromatic carbocycles. The molecule has 1 unspecified atom stereocenters. The first-order chi connectivity index (χ1) is 12.3. The average Bonchev–Trinajstić information content (AvgIpc) is 2.67. The fraction of sp³-hybridized carbons (Fsp3) is 0.400. The van der Waals surface area contributed by atoms with Crippen LogP contribution in [0.15, 0.2) is 54.7 Å². The van der Waals surface area contributed by atoms with Crippen molar-refractivity contribution in [3.8, 4) is 0 Å². The zero-order chi connectivity index (χ0) is 17.3. The van der Waals surface area contributed by atoms with Crippen molar-refractivity contribution in [3.05, 3.63) is 66.0 Å². The third kappa shape index (κ3) is 5.66. The van der Waals surface area contributed by atoms with Gasteiger partial charge in [-0.15, -0.1) is 0 Å². The highest BCUT2D eigenvalue weighted by molar-refractivity contribution is 5.76. The lowest BCUT2D eigenvalue weighted by molar-refractivity contribution is -0.133. The largest absolute Gasteiger partial charge is 0.378 e. The van der Waals surface area contributed by atoms with E-state index in [2.05, 4.69) is 22.4 Å². The molecule has 3 rings (SSSR count). The van der Waals surface area contributed by atoms with Gasteiger partial charge < -0.3 is 15.0 Å². The van der Waals surface area contributed by atoms with Gasteiger partial charge in [-0.25, -0.2) is 0 Å². The zero-order valence-electron chi connectivity index (χ0n) is 14.4. The molecule has 0 saturated carbocycles. The molecule has 5 nitrogen and oxygen atoms in total. The summed E-state index contributed by atoms with van der Waals surface area (Å²) in [4.78, 5) is 19.1. The van der Waals surface area contributed by atoms with E-state index in [1.165, 1.54) is 5.56 Å². The normalized spacial score (nSPS) is 17.2. The Balaban J connectivity index is 1.63. The summed E-state index contributed by atoms with van der Waals surface area (Å²) in [6.45, 7) is 3.35. The van der Waals surface area contributed by atoms with E-state index >= 15 is 0 Å². The van der Waals surface area contributed by atoms with Crippen LogP contribution in [0.25, 0.3) is 0 Å². The number of morpholine rings is 1. The number of hydrogen-bond acceptors (Lipinski definition) is 4. The third-order valence-corrected chi connectivity index (χ3v) is 4.36. The number of rotatable bonds is 7. The topological polar surface area (TPSA) is 54.5 Å². The van der Waals surface area contributed by atoms with Gasteiger partial charge in [-0.05, 0) is 24.1 Å². The smallest absolute Gasteiger partial charge is 0.224 e. The fourth-order valence-electron chi connectivity index (χ4n) is 2.98. The monoisotopic (exact) mass is 339 g/mol. The molecule has 1 atom stereocenters. The van der Waals surface area contributed by atoms with Crippen LogP contribution in [0.4, 0.5) is 0 Å². The summed E-state index contributed by atoms with van der Waals surface area (Å²) in [5.41, 5.74) is 2.15. The first-order valence-corrected chi connectivity index (χ1v) is 8.84. The van der Waals surface area contributed by atoms with E-state index in [1.54, 1.807) is 6.20 Å². The SMILES string of the molecule is O=C(CC1COCCN1)N(CCc1ccccc1)Cc1ccccn1. The number of pyridine rings is 1. The van der Waals surface area contributed by atoms with E-state index in [0.717, 1.165) is 25.3 Å². The number of carbonyl (C=O) groups excluding carboxylic acids is 1. The van der Waals surface area contributed by atoms with Crippen LogP contribution in [0.3, 0.4) is 0 Å². The maximum absolute atomic E-state index is 12.8. The molecule has 1 amide bonds. The first kappa shape index (κ1) is 17.6. The number of nitrogens with zero attached hydrogens (tertiary/aromatic N) is 2. The van der Waals surface area contributed by atoms with Gasteiger partial charge in [0.05, 0.1) is 25.5 Å². The lowest BCUT2D eigenvalue weighted by atomic mass is 10.1. The van der Waals surface area contributed by atoms with Crippen LogP contribution in [0, 0.1) is 0 Å². The lowest BCUT2D eigenvalue weighted by Gasteiger charge is -2.27. The van der Waals surface area contributed by atoms with Crippen LogP contribution in [0.2, 0.25) is 0 Å². The molecule has 132 valence electrons. The van der Waals surface area contributed by atoms with E-state index in [-0.39, 0.29) is 11.9 Å². The lowest BCUT2D eigenvalue weighted by Crippen LogP contribution is -2.45. The number of hydrogen-bond donors (Lipinski definition) is 1. The van der Waals surface area contributed by atoms with E-state index in [0.29, 0.717) is 26.1 Å². The molecule has 0 spiro atoms. The maximum Gasteiger partial charge on any atom is 0.224 e. The van der Waals surface area contributed by atoms with Gasteiger partial charge in [0.2, 0.25) is 5.91 Å². The molecule has 1 fully saturated rings. The molecule has 2 aromatic rings. The van der Waals surface area contributed by atoms with Crippen LogP contribution in [-0.4, -0.2) is 48.1 Å². The second-order valence-electron chi connectivity index (χ2n) is 6.30. The van der Waals surface area contributed by atoms with Gasteiger partial charge in [0.15, 0.2) is 0 Å². The average molecular weight is 339 g/mol. The first-order valence-electron chi connectivity index (χ1n) is 8.84. The number of benzene rings is 1. The highest BCUT2D eigenvalue weighted by Crippen LogP contribution is 2.09. The Morgan fingerprint density at radius 1 is 1.20 bits per heavy atom. The van der Waals surface area contributed by atoms with Gasteiger partial charge >= 0.3 is 0 Å². The Bertz CT molecular complexity index is 643. The molecule has 25 heavy (non-hydrogen) atoms. The minimum Gasteiger partial charge on any atom is -0.378 e. The Labute approximate surface area is 149 Å². The molecule has 1 saturated heterocycles. The van der Waals surface area contributed by atoms with Gasteiger partial charge in [-0.3, -0.25) is 9.78 Å². The molecule has 1 aliphatic heterocycles. The summed E-state index contributed by atoms with van der Waals surface area (Å²) in [6, 6.07) is 16.2. The second-order valence-corrected chi connectivity index (χ2v) is 6.30. The van der Waals surface area contributed by atoms with Crippen molar-refractivity contribution in [1.82, 2.24) is 15.2 Å². The van der Waals surface area contributed by atoms with E-state index in [1.807, 2.05) is 41.3 Å². The molecule has 1 aromatic heterocycles. The minimum absolute atomic E-state index is 0.101. The Morgan fingerprint density at radius 3 is 2.76 bits per heavy atom. The molecule has 5 heteroatoms. The van der Waals surface area contributed by atoms with Crippen LogP contribution >= 0.6 is 0 Å². The van der Waals surface area contributed by atoms with E-state index in [4.69, 9.17) is 4.74 Å². The number of amides is 1. The maximum atomic E-state index is 12.8. The summed E-state index contributed by atoms with van der Waals surface area (Å²) in [5, 5.41) is 3.35. The van der Waals surface area contributed by atoms with Crippen molar-refractivity contribution in [2.24, 2.45) is 0 Å². The van der Waals surface area contributed by atoms with E-state index in [9.17, 15) is 4.79 Å². The van der Waals surface area contributed by atoms with Crippen molar-refractivity contribution in [2.75, 3.05) is 26.3 Å². The number of carbonyl (C=O) groups is 1. The molecular formula is C20H25N3O2. The van der Waals surface area contributed by atoms with Gasteiger partial charge in [-0.2, -0.15) is 0 Å². The van der Waals surface area contributed by atoms with Gasteiger partial charge in [-0.1, -0.05) is 36.4 Å². The van der Waals surface area contributed by atoms with Crippen molar-refractivity contribution in [3.63, 3.8) is 0 Å². The van der Waals surface area contributed by atoms with Crippen molar-refractivity contribution >= 4 is 5.91 Å². The summed E-state index contributed by atoms with van der Waals surface area (Å²) >= 11 is 0. The van der Waals surface area contributed by atoms with Crippen LogP contribution in [0.5, 0.6) is 0 Å². The molecular weight excluding hydrogens is 314 g/mol. The van der Waals surface area contributed by atoms with Crippen LogP contribution in [-0.2, 0) is 22.5 Å². The standard InChI is InChI=1S/C20H25N3O2/c24-20(14-19-16-25-13-11-22-19)23(15-18-8-4-5-10-21-18)12-9-17-6-2-1-3-7-17/h1-8,10,19,22H,9,11-16H2. The van der Waals surface area contributed by atoms with Crippen LogP contribution < -0.4 is 5.32 Å². The summed E-state index contributed by atoms with van der Waals surface area (Å²) in [7, 11) is 0. The predicted octanol–water partition coefficient (Wildman–Crippen LogP) is 2.03. The highest BCUT2D eigenvalue weighted by atomic mass is 16.5. The second kappa shape index (κ2) is 9.30. The molecule has 1 aliphatic rings. The summed E-state index contributed by atoms with van der Waals surface area (Å²) in [5.74, 6) is 0.143. The Morgan fingerprint density at radius 2 is 2.04 bits per heavy atom. The number of nitrogens with one attached hydrogen (secondary N) is 1. The van der Waals surface area contributed by atoms with Gasteiger partial charge in [0, 0.05) is 31.7 Å². The predicted molar refractivity (Wildman–Crippen MR) is 97.0 cm³/mol. The molecule has 0 aliphatic carbocycles. The summed E-state index contributed by atoms with van der Waals surface area (Å²) < 4.78 is 5.46. The number of ether oxygens (including phenoxy) is 1. The molecule has 1 N–H and O–H groups in total. The van der Waals surface area contributed by atoms with Crippen molar-refractivity contribution in [1.29, 1.82) is 0 Å². The minimum atomic E-state index is 0.101. The fourth-order valence-corrected chi connectivity index (χ4v) is 2.98. The van der Waals surface area contributed by atoms with E-state index < -0.39 is 0 Å². The molecule has 0 bridgehead atoms. The molecule has 2 heterocycles. The van der Waals surface area contributed by atoms with Crippen LogP contribution in [0.1, 0.15) is 17.7 Å². The Kier molecular flexibility index (Phi) is 6.54. The highest BCUT2D eigenvalue weighted by Gasteiger charge is 2.21. The van der Waals surface area contributed by atoms with Gasteiger partial charge in [0.1, 0.15) is 0 Å². The quantitative estimate of drug-likeness (QED) is 0.839. The van der Waals surface area contributed by atoms with Crippen molar-refractivity contribution in [2.45, 2.75) is 25.4 Å². The third-order valence-electron chi connectivity index (χ3n) is 4.36. The molecule has 0 radical (unpaired) electrons. The Hall–Kier alpha value is -2.24. The van der Waals surface area contributed by atoms with Gasteiger partial charge in [0.25, 0.3) is 0 Å². The zero-order valence-corrected chi connectivity index (χ0v) is 14.4. The summed E-state index contributed by atoms with van der Waals surface area (Å²) in [6.07, 6.45) is 3.07. The number of aromatic nitrogens is 1. The van der Waals surface area contributed by atoms with Crippen molar-refractivity contribution < 1.29 is 9.53 Å².